The number of aromatic nitrogens is 1. The largest absolute Gasteiger partial charge is 0.481 e. The summed E-state index contributed by atoms with van der Waals surface area (Å²) in [5.74, 6) is -1.63. The Hall–Kier alpha value is -2.76. The predicted octanol–water partition coefficient (Wildman–Crippen LogP) is 3.26. The van der Waals surface area contributed by atoms with Gasteiger partial charge < -0.3 is 10.4 Å². The molecule has 2 aromatic rings. The zero-order chi connectivity index (χ0) is 17.8. The van der Waals surface area contributed by atoms with E-state index in [1.807, 2.05) is 0 Å². The zero-order valence-electron chi connectivity index (χ0n) is 13.6. The van der Waals surface area contributed by atoms with E-state index in [1.165, 1.54) is 18.3 Å². The van der Waals surface area contributed by atoms with Gasteiger partial charge in [-0.2, -0.15) is 0 Å². The lowest BCUT2D eigenvalue weighted by Gasteiger charge is -2.26. The lowest BCUT2D eigenvalue weighted by atomic mass is 9.86. The van der Waals surface area contributed by atoms with Gasteiger partial charge in [-0.25, -0.2) is 4.39 Å². The van der Waals surface area contributed by atoms with Crippen LogP contribution < -0.4 is 5.32 Å². The normalized spacial score (nSPS) is 20.0. The summed E-state index contributed by atoms with van der Waals surface area (Å²) in [6.45, 7) is 0. The Balaban J connectivity index is 1.61. The molecule has 25 heavy (non-hydrogen) atoms. The molecule has 1 aliphatic rings. The van der Waals surface area contributed by atoms with Gasteiger partial charge in [0.15, 0.2) is 0 Å². The van der Waals surface area contributed by atoms with Crippen LogP contribution in [-0.2, 0) is 4.79 Å². The van der Waals surface area contributed by atoms with Crippen molar-refractivity contribution in [3.63, 3.8) is 0 Å². The first-order valence-corrected chi connectivity index (χ1v) is 8.28. The van der Waals surface area contributed by atoms with Crippen molar-refractivity contribution in [3.8, 4) is 11.3 Å². The van der Waals surface area contributed by atoms with Crippen LogP contribution in [0.4, 0.5) is 4.39 Å². The molecular formula is C19H19FN2O3. The van der Waals surface area contributed by atoms with Crippen LogP contribution in [0.1, 0.15) is 36.0 Å². The number of nitrogens with zero attached hydrogens (tertiary/aromatic N) is 1. The van der Waals surface area contributed by atoms with Gasteiger partial charge in [0, 0.05) is 17.8 Å². The molecule has 1 fully saturated rings. The van der Waals surface area contributed by atoms with Gasteiger partial charge in [0.1, 0.15) is 5.82 Å². The number of carboxylic acid groups (broad SMARTS) is 1. The number of halogens is 1. The van der Waals surface area contributed by atoms with Gasteiger partial charge in [-0.05, 0) is 49.9 Å². The number of rotatable bonds is 4. The first-order chi connectivity index (χ1) is 12.0. The summed E-state index contributed by atoms with van der Waals surface area (Å²) in [4.78, 5) is 27.5. The molecule has 5 nitrogen and oxygen atoms in total. The monoisotopic (exact) mass is 342 g/mol. The average molecular weight is 342 g/mol. The highest BCUT2D eigenvalue weighted by Crippen LogP contribution is 2.25. The Morgan fingerprint density at radius 3 is 2.48 bits per heavy atom. The van der Waals surface area contributed by atoms with Crippen molar-refractivity contribution in [1.82, 2.24) is 10.3 Å². The smallest absolute Gasteiger partial charge is 0.306 e. The Kier molecular flexibility index (Phi) is 5.07. The fourth-order valence-electron chi connectivity index (χ4n) is 3.10. The Bertz CT molecular complexity index is 768. The van der Waals surface area contributed by atoms with E-state index >= 15 is 0 Å². The number of benzene rings is 1. The summed E-state index contributed by atoms with van der Waals surface area (Å²) in [5, 5.41) is 11.9. The molecule has 1 saturated carbocycles. The maximum Gasteiger partial charge on any atom is 0.306 e. The molecule has 3 rings (SSSR count). The number of carboxylic acids is 1. The van der Waals surface area contributed by atoms with Crippen molar-refractivity contribution in [1.29, 1.82) is 0 Å². The molecule has 0 spiro atoms. The number of hydrogen-bond acceptors (Lipinski definition) is 3. The maximum atomic E-state index is 13.3. The lowest BCUT2D eigenvalue weighted by Crippen LogP contribution is -2.38. The van der Waals surface area contributed by atoms with Crippen LogP contribution in [0.3, 0.4) is 0 Å². The van der Waals surface area contributed by atoms with Crippen LogP contribution in [0.25, 0.3) is 11.3 Å². The van der Waals surface area contributed by atoms with Gasteiger partial charge in [-0.15, -0.1) is 0 Å². The van der Waals surface area contributed by atoms with Gasteiger partial charge >= 0.3 is 5.97 Å². The quantitative estimate of drug-likeness (QED) is 0.894. The van der Waals surface area contributed by atoms with E-state index in [-0.39, 0.29) is 23.7 Å². The number of carbonyl (C=O) groups excluding carboxylic acids is 1. The fourth-order valence-corrected chi connectivity index (χ4v) is 3.10. The van der Waals surface area contributed by atoms with Gasteiger partial charge in [0.05, 0.1) is 17.2 Å². The highest BCUT2D eigenvalue weighted by molar-refractivity contribution is 5.94. The minimum atomic E-state index is -0.762. The third-order valence-corrected chi connectivity index (χ3v) is 4.56. The molecule has 1 aromatic carbocycles. The van der Waals surface area contributed by atoms with Crippen molar-refractivity contribution >= 4 is 11.9 Å². The fraction of sp³-hybridized carbons (Fsp3) is 0.316. The molecule has 0 atom stereocenters. The van der Waals surface area contributed by atoms with Crippen LogP contribution in [0.5, 0.6) is 0 Å². The van der Waals surface area contributed by atoms with Gasteiger partial charge in [0.25, 0.3) is 5.91 Å². The summed E-state index contributed by atoms with van der Waals surface area (Å²) in [6.07, 6.45) is 3.96. The molecule has 130 valence electrons. The van der Waals surface area contributed by atoms with E-state index in [1.54, 1.807) is 24.3 Å². The Morgan fingerprint density at radius 2 is 1.88 bits per heavy atom. The van der Waals surface area contributed by atoms with Crippen molar-refractivity contribution in [3.05, 3.63) is 54.0 Å². The summed E-state index contributed by atoms with van der Waals surface area (Å²) >= 11 is 0. The van der Waals surface area contributed by atoms with Gasteiger partial charge in [0.2, 0.25) is 0 Å². The summed E-state index contributed by atoms with van der Waals surface area (Å²) in [5.41, 5.74) is 1.68. The number of amides is 1. The van der Waals surface area contributed by atoms with E-state index in [0.29, 0.717) is 42.5 Å². The standard InChI is InChI=1S/C19H19FN2O3/c20-15-3-1-2-13(10-15)17-9-6-14(11-21-17)18(23)22-16-7-4-12(5-8-16)19(24)25/h1-3,6,9-12,16H,4-5,7-8H2,(H,22,23)(H,24,25)/t12-,16+. The molecule has 0 saturated heterocycles. The van der Waals surface area contributed by atoms with Crippen molar-refractivity contribution < 1.29 is 19.1 Å². The topological polar surface area (TPSA) is 79.3 Å². The minimum Gasteiger partial charge on any atom is -0.481 e. The van der Waals surface area contributed by atoms with E-state index in [9.17, 15) is 14.0 Å². The van der Waals surface area contributed by atoms with Gasteiger partial charge in [-0.3, -0.25) is 14.6 Å². The molecular weight excluding hydrogens is 323 g/mol. The molecule has 0 bridgehead atoms. The first-order valence-electron chi connectivity index (χ1n) is 8.28. The third kappa shape index (κ3) is 4.21. The Morgan fingerprint density at radius 1 is 1.12 bits per heavy atom. The molecule has 1 aromatic heterocycles. The van der Waals surface area contributed by atoms with Crippen LogP contribution in [0, 0.1) is 11.7 Å². The second-order valence-electron chi connectivity index (χ2n) is 6.30. The highest BCUT2D eigenvalue weighted by atomic mass is 19.1. The zero-order valence-corrected chi connectivity index (χ0v) is 13.6. The van der Waals surface area contributed by atoms with Crippen LogP contribution >= 0.6 is 0 Å². The second-order valence-corrected chi connectivity index (χ2v) is 6.30. The van der Waals surface area contributed by atoms with E-state index in [0.717, 1.165) is 0 Å². The lowest BCUT2D eigenvalue weighted by molar-refractivity contribution is -0.142. The predicted molar refractivity (Wildman–Crippen MR) is 90.5 cm³/mol. The second kappa shape index (κ2) is 7.42. The van der Waals surface area contributed by atoms with Crippen molar-refractivity contribution in [2.45, 2.75) is 31.7 Å². The maximum absolute atomic E-state index is 13.3. The van der Waals surface area contributed by atoms with Crippen LogP contribution in [0.15, 0.2) is 42.6 Å². The third-order valence-electron chi connectivity index (χ3n) is 4.56. The Labute approximate surface area is 144 Å². The van der Waals surface area contributed by atoms with E-state index in [2.05, 4.69) is 10.3 Å². The van der Waals surface area contributed by atoms with Crippen molar-refractivity contribution in [2.24, 2.45) is 5.92 Å². The number of carbonyl (C=O) groups is 2. The molecule has 1 heterocycles. The summed E-state index contributed by atoms with van der Waals surface area (Å²) < 4.78 is 13.3. The van der Waals surface area contributed by atoms with Crippen LogP contribution in [0.2, 0.25) is 0 Å². The minimum absolute atomic E-state index is 0.00834. The molecule has 2 N–H and O–H groups in total. The molecule has 1 amide bonds. The first kappa shape index (κ1) is 17.1. The SMILES string of the molecule is O=C(N[C@H]1CC[C@@H](C(=O)O)CC1)c1ccc(-c2cccc(F)c2)nc1. The van der Waals surface area contributed by atoms with Crippen molar-refractivity contribution in [2.75, 3.05) is 0 Å². The number of pyridine rings is 1. The number of nitrogens with one attached hydrogen (secondary N) is 1. The van der Waals surface area contributed by atoms with E-state index in [4.69, 9.17) is 5.11 Å². The number of hydrogen-bond donors (Lipinski definition) is 2. The summed E-state index contributed by atoms with van der Waals surface area (Å²) in [6, 6.07) is 9.46. The molecule has 0 aliphatic heterocycles. The average Bonchev–Trinajstić information content (AvgIpc) is 2.62. The van der Waals surface area contributed by atoms with Gasteiger partial charge in [-0.1, -0.05) is 12.1 Å². The van der Waals surface area contributed by atoms with Crippen LogP contribution in [-0.4, -0.2) is 28.0 Å². The highest BCUT2D eigenvalue weighted by Gasteiger charge is 2.26. The molecule has 1 aliphatic carbocycles. The molecule has 6 heteroatoms. The number of aliphatic carboxylic acids is 1. The molecule has 0 radical (unpaired) electrons. The summed E-state index contributed by atoms with van der Waals surface area (Å²) in [7, 11) is 0. The van der Waals surface area contributed by atoms with E-state index < -0.39 is 5.97 Å². The molecule has 0 unspecified atom stereocenters.